The van der Waals surface area contributed by atoms with Gasteiger partial charge in [-0.25, -0.2) is 14.0 Å². The van der Waals surface area contributed by atoms with Gasteiger partial charge in [-0.15, -0.1) is 0 Å². The first kappa shape index (κ1) is 12.9. The van der Waals surface area contributed by atoms with Crippen LogP contribution in [0.25, 0.3) is 0 Å². The maximum atomic E-state index is 13.7. The van der Waals surface area contributed by atoms with Gasteiger partial charge in [-0.1, -0.05) is 13.8 Å². The lowest BCUT2D eigenvalue weighted by Gasteiger charge is -2.20. The lowest BCUT2D eigenvalue weighted by atomic mass is 9.94. The zero-order valence-electron chi connectivity index (χ0n) is 8.54. The fourth-order valence-corrected chi connectivity index (χ4v) is 1.07. The summed E-state index contributed by atoms with van der Waals surface area (Å²) >= 11 is 0. The van der Waals surface area contributed by atoms with Crippen LogP contribution in [0.4, 0.5) is 4.39 Å². The zero-order chi connectivity index (χ0) is 11.4. The average Bonchev–Trinajstić information content (AvgIpc) is 2.02. The molecule has 1 atom stereocenters. The van der Waals surface area contributed by atoms with Gasteiger partial charge >= 0.3 is 17.6 Å². The zero-order valence-corrected chi connectivity index (χ0v) is 8.54. The standard InChI is InChI=1S/C9H15FO4/c1-4-14-8(13)9(10,7(11)12)5-6(2)3/h6H,4-5H2,1-3H3,(H,11,12). The predicted molar refractivity (Wildman–Crippen MR) is 47.6 cm³/mol. The number of carbonyl (C=O) groups excluding carboxylic acids is 1. The molecule has 0 aromatic rings. The second-order valence-corrected chi connectivity index (χ2v) is 3.42. The van der Waals surface area contributed by atoms with Gasteiger partial charge in [-0.2, -0.15) is 0 Å². The first-order valence-electron chi connectivity index (χ1n) is 4.44. The molecule has 0 rings (SSSR count). The third kappa shape index (κ3) is 2.97. The van der Waals surface area contributed by atoms with Crippen molar-refractivity contribution in [3.05, 3.63) is 0 Å². The summed E-state index contributed by atoms with van der Waals surface area (Å²) in [6.45, 7) is 4.73. The van der Waals surface area contributed by atoms with Crippen LogP contribution >= 0.6 is 0 Å². The molecule has 0 aliphatic carbocycles. The number of alkyl halides is 1. The van der Waals surface area contributed by atoms with E-state index in [4.69, 9.17) is 5.11 Å². The van der Waals surface area contributed by atoms with Crippen molar-refractivity contribution in [1.82, 2.24) is 0 Å². The maximum Gasteiger partial charge on any atom is 0.355 e. The van der Waals surface area contributed by atoms with Crippen molar-refractivity contribution in [2.75, 3.05) is 6.61 Å². The molecule has 1 N–H and O–H groups in total. The molecule has 0 aliphatic rings. The smallest absolute Gasteiger partial charge is 0.355 e. The van der Waals surface area contributed by atoms with Crippen molar-refractivity contribution >= 4 is 11.9 Å². The molecule has 0 aromatic carbocycles. The number of esters is 1. The number of hydrogen-bond donors (Lipinski definition) is 1. The van der Waals surface area contributed by atoms with Gasteiger partial charge in [-0.3, -0.25) is 0 Å². The van der Waals surface area contributed by atoms with Gasteiger partial charge in [0.1, 0.15) is 0 Å². The highest BCUT2D eigenvalue weighted by Gasteiger charge is 2.48. The number of rotatable bonds is 5. The molecule has 14 heavy (non-hydrogen) atoms. The van der Waals surface area contributed by atoms with Crippen molar-refractivity contribution < 1.29 is 23.8 Å². The summed E-state index contributed by atoms with van der Waals surface area (Å²) < 4.78 is 18.0. The van der Waals surface area contributed by atoms with E-state index in [1.165, 1.54) is 6.92 Å². The Balaban J connectivity index is 4.71. The lowest BCUT2D eigenvalue weighted by molar-refractivity contribution is -0.172. The minimum Gasteiger partial charge on any atom is -0.478 e. The maximum absolute atomic E-state index is 13.7. The third-order valence-electron chi connectivity index (χ3n) is 1.63. The second kappa shape index (κ2) is 4.93. The van der Waals surface area contributed by atoms with E-state index in [2.05, 4.69) is 4.74 Å². The third-order valence-corrected chi connectivity index (χ3v) is 1.63. The first-order valence-corrected chi connectivity index (χ1v) is 4.44. The van der Waals surface area contributed by atoms with Gasteiger partial charge in [0, 0.05) is 6.42 Å². The van der Waals surface area contributed by atoms with Gasteiger partial charge in [0.05, 0.1) is 6.61 Å². The number of aliphatic carboxylic acids is 1. The molecular weight excluding hydrogens is 191 g/mol. The molecule has 0 aromatic heterocycles. The number of ether oxygens (including phenoxy) is 1. The lowest BCUT2D eigenvalue weighted by Crippen LogP contribution is -2.44. The molecule has 0 spiro atoms. The van der Waals surface area contributed by atoms with E-state index < -0.39 is 17.6 Å². The number of carboxylic acids is 1. The highest BCUT2D eigenvalue weighted by Crippen LogP contribution is 2.23. The monoisotopic (exact) mass is 206 g/mol. The summed E-state index contributed by atoms with van der Waals surface area (Å²) in [5.41, 5.74) is -2.91. The minimum atomic E-state index is -2.91. The molecule has 0 aliphatic heterocycles. The van der Waals surface area contributed by atoms with E-state index in [0.717, 1.165) is 0 Å². The number of hydrogen-bond acceptors (Lipinski definition) is 3. The van der Waals surface area contributed by atoms with Crippen molar-refractivity contribution in [3.8, 4) is 0 Å². The molecule has 5 heteroatoms. The molecule has 82 valence electrons. The molecule has 0 saturated heterocycles. The van der Waals surface area contributed by atoms with E-state index in [9.17, 15) is 14.0 Å². The molecule has 0 radical (unpaired) electrons. The number of carbonyl (C=O) groups is 2. The Morgan fingerprint density at radius 2 is 2.00 bits per heavy atom. The predicted octanol–water partition coefficient (Wildman–Crippen LogP) is 1.39. The molecule has 4 nitrogen and oxygen atoms in total. The fourth-order valence-electron chi connectivity index (χ4n) is 1.07. The fraction of sp³-hybridized carbons (Fsp3) is 0.778. The Morgan fingerprint density at radius 1 is 1.50 bits per heavy atom. The summed E-state index contributed by atoms with van der Waals surface area (Å²) in [5.74, 6) is -3.34. The molecular formula is C9H15FO4. The number of halogens is 1. The van der Waals surface area contributed by atoms with Crippen LogP contribution in [0, 0.1) is 5.92 Å². The summed E-state index contributed by atoms with van der Waals surface area (Å²) in [6, 6.07) is 0. The number of carboxylic acid groups (broad SMARTS) is 1. The van der Waals surface area contributed by atoms with Gasteiger partial charge in [0.2, 0.25) is 0 Å². The van der Waals surface area contributed by atoms with Crippen LogP contribution in [0.5, 0.6) is 0 Å². The van der Waals surface area contributed by atoms with E-state index in [1.54, 1.807) is 13.8 Å². The Morgan fingerprint density at radius 3 is 2.29 bits per heavy atom. The quantitative estimate of drug-likeness (QED) is 0.545. The normalized spacial score (nSPS) is 14.9. The van der Waals surface area contributed by atoms with Crippen molar-refractivity contribution in [1.29, 1.82) is 0 Å². The van der Waals surface area contributed by atoms with Gasteiger partial charge in [0.15, 0.2) is 0 Å². The van der Waals surface area contributed by atoms with Crippen LogP contribution in [0.3, 0.4) is 0 Å². The molecule has 1 unspecified atom stereocenters. The van der Waals surface area contributed by atoms with Crippen LogP contribution in [0.2, 0.25) is 0 Å². The Hall–Kier alpha value is -1.13. The van der Waals surface area contributed by atoms with Crippen LogP contribution in [0.1, 0.15) is 27.2 Å². The summed E-state index contributed by atoms with van der Waals surface area (Å²) in [5, 5.41) is 8.60. The Labute approximate surface area is 82.1 Å². The van der Waals surface area contributed by atoms with Crippen LogP contribution in [-0.4, -0.2) is 29.3 Å². The highest BCUT2D eigenvalue weighted by atomic mass is 19.1. The van der Waals surface area contributed by atoms with Crippen molar-refractivity contribution in [2.45, 2.75) is 32.9 Å². The van der Waals surface area contributed by atoms with E-state index in [0.29, 0.717) is 0 Å². The van der Waals surface area contributed by atoms with Crippen LogP contribution in [-0.2, 0) is 14.3 Å². The van der Waals surface area contributed by atoms with E-state index >= 15 is 0 Å². The molecule has 0 fully saturated rings. The molecule has 0 heterocycles. The van der Waals surface area contributed by atoms with E-state index in [-0.39, 0.29) is 18.9 Å². The molecule has 0 bridgehead atoms. The second-order valence-electron chi connectivity index (χ2n) is 3.42. The van der Waals surface area contributed by atoms with Crippen LogP contribution in [0.15, 0.2) is 0 Å². The topological polar surface area (TPSA) is 63.6 Å². The van der Waals surface area contributed by atoms with Crippen molar-refractivity contribution in [3.63, 3.8) is 0 Å². The van der Waals surface area contributed by atoms with Gasteiger partial charge < -0.3 is 9.84 Å². The molecule has 0 amide bonds. The summed E-state index contributed by atoms with van der Waals surface area (Å²) in [4.78, 5) is 21.7. The van der Waals surface area contributed by atoms with Gasteiger partial charge in [-0.05, 0) is 12.8 Å². The SMILES string of the molecule is CCOC(=O)C(F)(CC(C)C)C(=O)O. The Bertz CT molecular complexity index is 227. The van der Waals surface area contributed by atoms with Crippen LogP contribution < -0.4 is 0 Å². The largest absolute Gasteiger partial charge is 0.478 e. The van der Waals surface area contributed by atoms with Gasteiger partial charge in [0.25, 0.3) is 0 Å². The minimum absolute atomic E-state index is 0.0319. The first-order chi connectivity index (χ1) is 6.34. The Kier molecular flexibility index (Phi) is 4.53. The summed E-state index contributed by atoms with van der Waals surface area (Å²) in [6.07, 6.45) is -0.374. The van der Waals surface area contributed by atoms with E-state index in [1.807, 2.05) is 0 Å². The highest BCUT2D eigenvalue weighted by molar-refractivity contribution is 6.02. The summed E-state index contributed by atoms with van der Waals surface area (Å²) in [7, 11) is 0. The molecule has 0 saturated carbocycles. The average molecular weight is 206 g/mol. The van der Waals surface area contributed by atoms with Crippen molar-refractivity contribution in [2.24, 2.45) is 5.92 Å².